The van der Waals surface area contributed by atoms with E-state index < -0.39 is 0 Å². The minimum atomic E-state index is 0.127. The summed E-state index contributed by atoms with van der Waals surface area (Å²) in [6.45, 7) is 8.98. The van der Waals surface area contributed by atoms with Crippen LogP contribution in [0, 0.1) is 0 Å². The molecule has 4 aromatic rings. The Hall–Kier alpha value is -1.81. The van der Waals surface area contributed by atoms with Crippen molar-refractivity contribution in [2.24, 2.45) is 0 Å². The predicted octanol–water partition coefficient (Wildman–Crippen LogP) is 7.04. The Bertz CT molecular complexity index is 1070. The molecule has 0 aromatic heterocycles. The molecule has 0 fully saturated rings. The molecule has 1 unspecified atom stereocenters. The standard InChI is InChI=1S/C26H30O2S/c1-17(2)27-14-23(28-18(3)4)16-29-15-22-11-10-21-9-8-19-6-5-7-20-12-13-24(22)26(21)25(19)20/h5-13,17-18,23H,14-16H2,1-4H3. The van der Waals surface area contributed by atoms with Gasteiger partial charge in [0.25, 0.3) is 0 Å². The molecule has 0 N–H and O–H groups in total. The van der Waals surface area contributed by atoms with E-state index in [1.807, 2.05) is 11.8 Å². The molecule has 0 radical (unpaired) electrons. The van der Waals surface area contributed by atoms with Crippen molar-refractivity contribution in [2.45, 2.75) is 51.8 Å². The van der Waals surface area contributed by atoms with Gasteiger partial charge in [-0.15, -0.1) is 0 Å². The molecule has 1 atom stereocenters. The van der Waals surface area contributed by atoms with E-state index in [1.165, 1.54) is 37.9 Å². The van der Waals surface area contributed by atoms with Crippen LogP contribution in [0.1, 0.15) is 33.3 Å². The van der Waals surface area contributed by atoms with Gasteiger partial charge < -0.3 is 9.47 Å². The summed E-state index contributed by atoms with van der Waals surface area (Å²) in [5.41, 5.74) is 1.40. The van der Waals surface area contributed by atoms with Crippen LogP contribution in [0.5, 0.6) is 0 Å². The van der Waals surface area contributed by atoms with Crippen molar-refractivity contribution in [1.82, 2.24) is 0 Å². The molecule has 0 saturated heterocycles. The summed E-state index contributed by atoms with van der Waals surface area (Å²) in [5.74, 6) is 1.92. The molecule has 0 saturated carbocycles. The first-order valence-corrected chi connectivity index (χ1v) is 11.7. The molecule has 29 heavy (non-hydrogen) atoms. The van der Waals surface area contributed by atoms with Gasteiger partial charge in [-0.1, -0.05) is 54.6 Å². The summed E-state index contributed by atoms with van der Waals surface area (Å²) in [6.07, 6.45) is 0.573. The highest BCUT2D eigenvalue weighted by Crippen LogP contribution is 2.36. The Morgan fingerprint density at radius 3 is 2.10 bits per heavy atom. The molecule has 152 valence electrons. The SMILES string of the molecule is CC(C)OCC(CSCc1ccc2ccc3cccc4ccc1c2c34)OC(C)C. The van der Waals surface area contributed by atoms with Crippen LogP contribution in [0.15, 0.2) is 54.6 Å². The highest BCUT2D eigenvalue weighted by molar-refractivity contribution is 7.98. The zero-order valence-corrected chi connectivity index (χ0v) is 18.6. The largest absolute Gasteiger partial charge is 0.376 e. The van der Waals surface area contributed by atoms with E-state index >= 15 is 0 Å². The zero-order valence-electron chi connectivity index (χ0n) is 17.8. The van der Waals surface area contributed by atoms with Crippen molar-refractivity contribution in [2.75, 3.05) is 12.4 Å². The number of ether oxygens (including phenoxy) is 2. The molecular weight excluding hydrogens is 376 g/mol. The Balaban J connectivity index is 1.56. The highest BCUT2D eigenvalue weighted by atomic mass is 32.2. The maximum atomic E-state index is 6.07. The molecule has 0 heterocycles. The van der Waals surface area contributed by atoms with Crippen LogP contribution in [-0.2, 0) is 15.2 Å². The Labute approximate surface area is 177 Å². The lowest BCUT2D eigenvalue weighted by atomic mass is 9.92. The smallest absolute Gasteiger partial charge is 0.0902 e. The van der Waals surface area contributed by atoms with Gasteiger partial charge in [-0.2, -0.15) is 11.8 Å². The molecule has 0 amide bonds. The van der Waals surface area contributed by atoms with Gasteiger partial charge in [-0.05, 0) is 65.6 Å². The predicted molar refractivity (Wildman–Crippen MR) is 127 cm³/mol. The third-order valence-electron chi connectivity index (χ3n) is 5.26. The summed E-state index contributed by atoms with van der Waals surface area (Å²) < 4.78 is 11.9. The Kier molecular flexibility index (Phi) is 6.29. The van der Waals surface area contributed by atoms with Crippen LogP contribution in [0.4, 0.5) is 0 Å². The molecule has 4 rings (SSSR count). The zero-order chi connectivity index (χ0) is 20.4. The third-order valence-corrected chi connectivity index (χ3v) is 6.38. The number of hydrogen-bond donors (Lipinski definition) is 0. The summed E-state index contributed by atoms with van der Waals surface area (Å²) in [7, 11) is 0. The first-order valence-electron chi connectivity index (χ1n) is 10.5. The van der Waals surface area contributed by atoms with Crippen LogP contribution < -0.4 is 0 Å². The molecule has 3 heteroatoms. The third kappa shape index (κ3) is 4.53. The minimum absolute atomic E-state index is 0.127. The van der Waals surface area contributed by atoms with Crippen molar-refractivity contribution in [3.8, 4) is 0 Å². The Morgan fingerprint density at radius 1 is 0.759 bits per heavy atom. The quantitative estimate of drug-likeness (QED) is 0.278. The van der Waals surface area contributed by atoms with Crippen molar-refractivity contribution in [1.29, 1.82) is 0 Å². The summed E-state index contributed by atoms with van der Waals surface area (Å²) >= 11 is 1.93. The van der Waals surface area contributed by atoms with Crippen LogP contribution in [0.25, 0.3) is 32.3 Å². The average molecular weight is 407 g/mol. The van der Waals surface area contributed by atoms with E-state index in [-0.39, 0.29) is 18.3 Å². The van der Waals surface area contributed by atoms with Gasteiger partial charge in [0.1, 0.15) is 0 Å². The molecule has 0 aliphatic rings. The van der Waals surface area contributed by atoms with Crippen LogP contribution in [0.3, 0.4) is 0 Å². The number of rotatable bonds is 9. The molecular formula is C26H30O2S. The van der Waals surface area contributed by atoms with E-state index in [0.717, 1.165) is 11.5 Å². The Morgan fingerprint density at radius 2 is 1.41 bits per heavy atom. The normalized spacial score (nSPS) is 13.4. The molecule has 4 aromatic carbocycles. The lowest BCUT2D eigenvalue weighted by molar-refractivity contribution is -0.0472. The van der Waals surface area contributed by atoms with Gasteiger partial charge in [0.15, 0.2) is 0 Å². The molecule has 0 bridgehead atoms. The lowest BCUT2D eigenvalue weighted by Gasteiger charge is -2.21. The number of hydrogen-bond acceptors (Lipinski definition) is 3. The van der Waals surface area contributed by atoms with E-state index in [2.05, 4.69) is 82.3 Å². The second-order valence-electron chi connectivity index (χ2n) is 8.28. The number of thioether (sulfide) groups is 1. The van der Waals surface area contributed by atoms with E-state index in [0.29, 0.717) is 6.61 Å². The van der Waals surface area contributed by atoms with E-state index in [1.54, 1.807) is 0 Å². The van der Waals surface area contributed by atoms with E-state index in [9.17, 15) is 0 Å². The summed E-state index contributed by atoms with van der Waals surface area (Å²) in [5, 5.41) is 8.13. The first-order chi connectivity index (χ1) is 14.0. The van der Waals surface area contributed by atoms with E-state index in [4.69, 9.17) is 9.47 Å². The minimum Gasteiger partial charge on any atom is -0.376 e. The molecule has 0 spiro atoms. The average Bonchev–Trinajstić information content (AvgIpc) is 2.70. The van der Waals surface area contributed by atoms with Crippen LogP contribution >= 0.6 is 11.8 Å². The highest BCUT2D eigenvalue weighted by Gasteiger charge is 2.14. The lowest BCUT2D eigenvalue weighted by Crippen LogP contribution is -2.27. The van der Waals surface area contributed by atoms with Gasteiger partial charge in [0.05, 0.1) is 24.9 Å². The monoisotopic (exact) mass is 406 g/mol. The van der Waals surface area contributed by atoms with Crippen molar-refractivity contribution >= 4 is 44.1 Å². The number of benzene rings is 4. The summed E-state index contributed by atoms with van der Waals surface area (Å²) in [4.78, 5) is 0. The fourth-order valence-electron chi connectivity index (χ4n) is 4.03. The van der Waals surface area contributed by atoms with Crippen LogP contribution in [-0.4, -0.2) is 30.7 Å². The molecule has 2 nitrogen and oxygen atoms in total. The first kappa shape index (κ1) is 20.5. The second-order valence-corrected chi connectivity index (χ2v) is 9.32. The molecule has 0 aliphatic heterocycles. The van der Waals surface area contributed by atoms with Gasteiger partial charge in [0.2, 0.25) is 0 Å². The topological polar surface area (TPSA) is 18.5 Å². The van der Waals surface area contributed by atoms with Gasteiger partial charge in [-0.25, -0.2) is 0 Å². The van der Waals surface area contributed by atoms with Crippen molar-refractivity contribution < 1.29 is 9.47 Å². The molecule has 0 aliphatic carbocycles. The second kappa shape index (κ2) is 8.91. The maximum Gasteiger partial charge on any atom is 0.0902 e. The maximum absolute atomic E-state index is 6.07. The summed E-state index contributed by atoms with van der Waals surface area (Å²) in [6, 6.07) is 20.2. The van der Waals surface area contributed by atoms with Crippen LogP contribution in [0.2, 0.25) is 0 Å². The van der Waals surface area contributed by atoms with Gasteiger partial charge >= 0.3 is 0 Å². The fraction of sp³-hybridized carbons (Fsp3) is 0.385. The fourth-order valence-corrected chi connectivity index (χ4v) is 5.06. The van der Waals surface area contributed by atoms with Crippen molar-refractivity contribution in [3.63, 3.8) is 0 Å². The van der Waals surface area contributed by atoms with Crippen molar-refractivity contribution in [3.05, 3.63) is 60.2 Å². The van der Waals surface area contributed by atoms with Gasteiger partial charge in [-0.3, -0.25) is 0 Å². The van der Waals surface area contributed by atoms with Gasteiger partial charge in [0, 0.05) is 11.5 Å².